The van der Waals surface area contributed by atoms with Crippen LogP contribution in [0.4, 0.5) is 10.5 Å². The fourth-order valence-electron chi connectivity index (χ4n) is 2.49. The number of benzene rings is 1. The molecule has 2 amide bonds. The third-order valence-electron chi connectivity index (χ3n) is 3.67. The third kappa shape index (κ3) is 4.10. The van der Waals surface area contributed by atoms with E-state index in [0.717, 1.165) is 5.56 Å². The Bertz CT molecular complexity index is 846. The molecule has 3 rings (SSSR count). The molecule has 0 aliphatic carbocycles. The van der Waals surface area contributed by atoms with Gasteiger partial charge in [0, 0.05) is 5.69 Å². The summed E-state index contributed by atoms with van der Waals surface area (Å²) in [5.74, 6) is -0.248. The average Bonchev–Trinajstić information content (AvgIpc) is 3.19. The van der Waals surface area contributed by atoms with Crippen molar-refractivity contribution in [3.05, 3.63) is 51.2 Å². The van der Waals surface area contributed by atoms with Gasteiger partial charge >= 0.3 is 6.09 Å². The maximum Gasteiger partial charge on any atom is 0.414 e. The summed E-state index contributed by atoms with van der Waals surface area (Å²) in [6, 6.07) is 12.6. The number of cyclic esters (lactones) is 1. The molecular formula is C17H14ClN3O3S. The molecule has 0 bridgehead atoms. The van der Waals surface area contributed by atoms with Crippen LogP contribution >= 0.6 is 22.9 Å². The maximum atomic E-state index is 12.1. The number of rotatable bonds is 5. The van der Waals surface area contributed by atoms with Crippen LogP contribution in [-0.2, 0) is 11.2 Å². The Hall–Kier alpha value is -2.56. The molecule has 1 aromatic carbocycles. The Balaban J connectivity index is 1.60. The van der Waals surface area contributed by atoms with Crippen molar-refractivity contribution < 1.29 is 14.3 Å². The molecule has 0 saturated carbocycles. The van der Waals surface area contributed by atoms with Crippen LogP contribution in [0.15, 0.2) is 36.4 Å². The van der Waals surface area contributed by atoms with Gasteiger partial charge in [-0.1, -0.05) is 23.7 Å². The van der Waals surface area contributed by atoms with E-state index in [2.05, 4.69) is 11.4 Å². The zero-order valence-corrected chi connectivity index (χ0v) is 14.6. The highest BCUT2D eigenvalue weighted by atomic mass is 35.5. The number of ether oxygens (including phenoxy) is 1. The number of anilines is 1. The van der Waals surface area contributed by atoms with Crippen LogP contribution < -0.4 is 10.2 Å². The predicted octanol–water partition coefficient (Wildman–Crippen LogP) is 3.22. The summed E-state index contributed by atoms with van der Waals surface area (Å²) in [7, 11) is 0. The first-order valence-electron chi connectivity index (χ1n) is 7.54. The Kier molecular flexibility index (Phi) is 5.22. The first-order chi connectivity index (χ1) is 12.1. The quantitative estimate of drug-likeness (QED) is 0.869. The molecule has 1 aromatic heterocycles. The van der Waals surface area contributed by atoms with Gasteiger partial charge in [-0.15, -0.1) is 11.3 Å². The second-order valence-corrected chi connectivity index (χ2v) is 7.15. The molecule has 1 N–H and O–H groups in total. The summed E-state index contributed by atoms with van der Waals surface area (Å²) in [5, 5.41) is 11.5. The molecule has 2 aromatic rings. The van der Waals surface area contributed by atoms with E-state index in [1.807, 2.05) is 6.07 Å². The number of hydrogen-bond acceptors (Lipinski definition) is 5. The van der Waals surface area contributed by atoms with Gasteiger partial charge in [0.05, 0.1) is 34.8 Å². The Labute approximate surface area is 153 Å². The molecule has 1 saturated heterocycles. The van der Waals surface area contributed by atoms with Crippen molar-refractivity contribution in [1.82, 2.24) is 5.32 Å². The van der Waals surface area contributed by atoms with Crippen molar-refractivity contribution in [1.29, 1.82) is 5.26 Å². The largest absolute Gasteiger partial charge is 0.442 e. The minimum absolute atomic E-state index is 0.217. The SMILES string of the molecule is N#CCc1cccc(N2C[C@H](CNC(=O)c3ccc(Cl)s3)OC2=O)c1. The molecule has 1 aliphatic heterocycles. The number of halogens is 1. The molecule has 0 radical (unpaired) electrons. The number of nitrogens with zero attached hydrogens (tertiary/aromatic N) is 2. The molecule has 25 heavy (non-hydrogen) atoms. The van der Waals surface area contributed by atoms with Gasteiger partial charge in [-0.25, -0.2) is 4.79 Å². The van der Waals surface area contributed by atoms with Gasteiger partial charge < -0.3 is 10.1 Å². The van der Waals surface area contributed by atoms with E-state index in [0.29, 0.717) is 21.4 Å². The highest BCUT2D eigenvalue weighted by molar-refractivity contribution is 7.17. The standard InChI is InChI=1S/C17H14ClN3O3S/c18-15-5-4-14(25-15)16(22)20-9-13-10-21(17(23)24-13)12-3-1-2-11(8-12)6-7-19/h1-5,8,13H,6,9-10H2,(H,20,22)/t13-/m0/s1. The Morgan fingerprint density at radius 2 is 2.28 bits per heavy atom. The highest BCUT2D eigenvalue weighted by Crippen LogP contribution is 2.23. The molecular weight excluding hydrogens is 362 g/mol. The van der Waals surface area contributed by atoms with Crippen LogP contribution in [0, 0.1) is 11.3 Å². The van der Waals surface area contributed by atoms with Gasteiger partial charge in [0.25, 0.3) is 5.91 Å². The van der Waals surface area contributed by atoms with Crippen molar-refractivity contribution in [2.45, 2.75) is 12.5 Å². The van der Waals surface area contributed by atoms with E-state index in [-0.39, 0.29) is 18.9 Å². The van der Waals surface area contributed by atoms with E-state index in [1.54, 1.807) is 30.3 Å². The van der Waals surface area contributed by atoms with Crippen molar-refractivity contribution >= 4 is 40.6 Å². The fourth-order valence-corrected chi connectivity index (χ4v) is 3.45. The van der Waals surface area contributed by atoms with Gasteiger partial charge in [-0.3, -0.25) is 9.69 Å². The summed E-state index contributed by atoms with van der Waals surface area (Å²) in [4.78, 5) is 26.1. The number of hydrogen-bond donors (Lipinski definition) is 1. The lowest BCUT2D eigenvalue weighted by Crippen LogP contribution is -2.34. The van der Waals surface area contributed by atoms with Crippen molar-refractivity contribution in [3.8, 4) is 6.07 Å². The van der Waals surface area contributed by atoms with Crippen LogP contribution in [0.2, 0.25) is 4.34 Å². The number of amides is 2. The lowest BCUT2D eigenvalue weighted by atomic mass is 10.1. The highest BCUT2D eigenvalue weighted by Gasteiger charge is 2.32. The number of carbonyl (C=O) groups excluding carboxylic acids is 2. The maximum absolute atomic E-state index is 12.1. The Morgan fingerprint density at radius 1 is 1.44 bits per heavy atom. The number of thiophene rings is 1. The van der Waals surface area contributed by atoms with Gasteiger partial charge in [-0.2, -0.15) is 5.26 Å². The molecule has 2 heterocycles. The minimum Gasteiger partial charge on any atom is -0.442 e. The molecule has 0 unspecified atom stereocenters. The molecule has 1 atom stereocenters. The molecule has 6 nitrogen and oxygen atoms in total. The normalized spacial score (nSPS) is 16.4. The summed E-state index contributed by atoms with van der Waals surface area (Å²) >= 11 is 7.01. The molecule has 0 spiro atoms. The Morgan fingerprint density at radius 3 is 3.00 bits per heavy atom. The van der Waals surface area contributed by atoms with Crippen LogP contribution in [0.3, 0.4) is 0 Å². The van der Waals surface area contributed by atoms with Gasteiger partial charge in [0.15, 0.2) is 0 Å². The van der Waals surface area contributed by atoms with Crippen molar-refractivity contribution in [3.63, 3.8) is 0 Å². The minimum atomic E-state index is -0.465. The number of nitriles is 1. The van der Waals surface area contributed by atoms with E-state index >= 15 is 0 Å². The zero-order valence-electron chi connectivity index (χ0n) is 13.1. The summed E-state index contributed by atoms with van der Waals surface area (Å²) in [5.41, 5.74) is 1.51. The lowest BCUT2D eigenvalue weighted by Gasteiger charge is -2.13. The zero-order chi connectivity index (χ0) is 17.8. The van der Waals surface area contributed by atoms with E-state index in [1.165, 1.54) is 16.2 Å². The van der Waals surface area contributed by atoms with Gasteiger partial charge in [0.1, 0.15) is 6.10 Å². The molecule has 1 fully saturated rings. The molecule has 8 heteroatoms. The summed E-state index contributed by atoms with van der Waals surface area (Å²) < 4.78 is 5.85. The van der Waals surface area contributed by atoms with Crippen molar-refractivity contribution in [2.75, 3.05) is 18.0 Å². The van der Waals surface area contributed by atoms with E-state index in [4.69, 9.17) is 21.6 Å². The van der Waals surface area contributed by atoms with Crippen molar-refractivity contribution in [2.24, 2.45) is 0 Å². The van der Waals surface area contributed by atoms with Crippen LogP contribution in [-0.4, -0.2) is 31.2 Å². The second kappa shape index (κ2) is 7.55. The van der Waals surface area contributed by atoms with Gasteiger partial charge in [-0.05, 0) is 29.8 Å². The summed E-state index contributed by atoms with van der Waals surface area (Å²) in [6.45, 7) is 0.550. The monoisotopic (exact) mass is 375 g/mol. The topological polar surface area (TPSA) is 82.4 Å². The first-order valence-corrected chi connectivity index (χ1v) is 8.74. The second-order valence-electron chi connectivity index (χ2n) is 5.43. The van der Waals surface area contributed by atoms with Crippen LogP contribution in [0.25, 0.3) is 0 Å². The molecule has 128 valence electrons. The predicted molar refractivity (Wildman–Crippen MR) is 95.0 cm³/mol. The molecule has 1 aliphatic rings. The fraction of sp³-hybridized carbons (Fsp3) is 0.235. The van der Waals surface area contributed by atoms with E-state index in [9.17, 15) is 9.59 Å². The third-order valence-corrected chi connectivity index (χ3v) is 4.90. The van der Waals surface area contributed by atoms with Crippen LogP contribution in [0.1, 0.15) is 15.2 Å². The first kappa shape index (κ1) is 17.3. The lowest BCUT2D eigenvalue weighted by molar-refractivity contribution is 0.0920. The summed E-state index contributed by atoms with van der Waals surface area (Å²) in [6.07, 6.45) is -0.626. The smallest absolute Gasteiger partial charge is 0.414 e. The number of nitrogens with one attached hydrogen (secondary N) is 1. The van der Waals surface area contributed by atoms with Gasteiger partial charge in [0.2, 0.25) is 0 Å². The number of carbonyl (C=O) groups is 2. The van der Waals surface area contributed by atoms with E-state index < -0.39 is 12.2 Å². The van der Waals surface area contributed by atoms with Crippen LogP contribution in [0.5, 0.6) is 0 Å². The average molecular weight is 376 g/mol.